The van der Waals surface area contributed by atoms with Gasteiger partial charge in [0.1, 0.15) is 0 Å². The minimum absolute atomic E-state index is 0.0370. The maximum absolute atomic E-state index is 12.9. The Morgan fingerprint density at radius 1 is 1.20 bits per heavy atom. The number of fused-ring (bicyclic) bond motifs is 1. The Bertz CT molecular complexity index is 994. The first-order valence-electron chi connectivity index (χ1n) is 10.4. The SMILES string of the molecule is Cc1ccc(C(=O)N2CCC[C@H](C(=O)Nc3nc4c(s3)C(=O)CC(C)(C)C4)C2)cc1. The Morgan fingerprint density at radius 2 is 1.93 bits per heavy atom. The van der Waals surface area contributed by atoms with Gasteiger partial charge in [0, 0.05) is 25.1 Å². The average Bonchev–Trinajstić information content (AvgIpc) is 3.09. The molecular formula is C23H27N3O3S. The van der Waals surface area contributed by atoms with Crippen LogP contribution in [-0.2, 0) is 11.2 Å². The molecule has 1 aliphatic heterocycles. The number of hydrogen-bond acceptors (Lipinski definition) is 5. The number of carbonyl (C=O) groups excluding carboxylic acids is 3. The van der Waals surface area contributed by atoms with Crippen LogP contribution in [0, 0.1) is 18.3 Å². The van der Waals surface area contributed by atoms with E-state index in [4.69, 9.17) is 0 Å². The average molecular weight is 426 g/mol. The van der Waals surface area contributed by atoms with Crippen molar-refractivity contribution in [3.8, 4) is 0 Å². The molecule has 2 heterocycles. The van der Waals surface area contributed by atoms with Gasteiger partial charge in [-0.3, -0.25) is 14.4 Å². The van der Waals surface area contributed by atoms with E-state index in [1.807, 2.05) is 31.2 Å². The topological polar surface area (TPSA) is 79.4 Å². The van der Waals surface area contributed by atoms with Gasteiger partial charge >= 0.3 is 0 Å². The summed E-state index contributed by atoms with van der Waals surface area (Å²) in [6.45, 7) is 7.17. The number of amides is 2. The molecule has 6 nitrogen and oxygen atoms in total. The van der Waals surface area contributed by atoms with E-state index in [0.717, 1.165) is 30.5 Å². The van der Waals surface area contributed by atoms with E-state index >= 15 is 0 Å². The summed E-state index contributed by atoms with van der Waals surface area (Å²) in [7, 11) is 0. The molecule has 2 aromatic rings. The van der Waals surface area contributed by atoms with Crippen LogP contribution >= 0.6 is 11.3 Å². The zero-order valence-corrected chi connectivity index (χ0v) is 18.5. The van der Waals surface area contributed by atoms with Gasteiger partial charge in [-0.25, -0.2) is 4.98 Å². The number of hydrogen-bond donors (Lipinski definition) is 1. The fourth-order valence-corrected chi connectivity index (χ4v) is 5.16. The van der Waals surface area contributed by atoms with Crippen molar-refractivity contribution in [3.05, 3.63) is 46.0 Å². The van der Waals surface area contributed by atoms with Crippen LogP contribution in [0.5, 0.6) is 0 Å². The highest BCUT2D eigenvalue weighted by Crippen LogP contribution is 2.38. The van der Waals surface area contributed by atoms with Crippen molar-refractivity contribution < 1.29 is 14.4 Å². The molecule has 1 aliphatic carbocycles. The van der Waals surface area contributed by atoms with Gasteiger partial charge < -0.3 is 10.2 Å². The number of piperidine rings is 1. The minimum atomic E-state index is -0.277. The predicted octanol–water partition coefficient (Wildman–Crippen LogP) is 4.10. The van der Waals surface area contributed by atoms with Gasteiger partial charge in [0.25, 0.3) is 5.91 Å². The number of rotatable bonds is 3. The third-order valence-electron chi connectivity index (χ3n) is 5.84. The second-order valence-electron chi connectivity index (χ2n) is 9.18. The van der Waals surface area contributed by atoms with Crippen molar-refractivity contribution in [1.29, 1.82) is 0 Å². The fourth-order valence-electron chi connectivity index (χ4n) is 4.24. The number of nitrogens with zero attached hydrogens (tertiary/aromatic N) is 2. The number of benzene rings is 1. The molecule has 2 aliphatic rings. The number of likely N-dealkylation sites (tertiary alicyclic amines) is 1. The second-order valence-corrected chi connectivity index (χ2v) is 10.2. The molecule has 4 rings (SSSR count). The number of aromatic nitrogens is 1. The van der Waals surface area contributed by atoms with E-state index in [1.54, 1.807) is 4.90 Å². The van der Waals surface area contributed by atoms with Gasteiger partial charge in [0.15, 0.2) is 10.9 Å². The summed E-state index contributed by atoms with van der Waals surface area (Å²) < 4.78 is 0. The van der Waals surface area contributed by atoms with Crippen LogP contribution < -0.4 is 5.32 Å². The summed E-state index contributed by atoms with van der Waals surface area (Å²) in [6.07, 6.45) is 2.77. The molecule has 0 unspecified atom stereocenters. The summed E-state index contributed by atoms with van der Waals surface area (Å²) in [5.41, 5.74) is 2.45. The summed E-state index contributed by atoms with van der Waals surface area (Å²) in [4.78, 5) is 45.0. The molecule has 2 amide bonds. The van der Waals surface area contributed by atoms with Crippen molar-refractivity contribution in [3.63, 3.8) is 0 Å². The van der Waals surface area contributed by atoms with Gasteiger partial charge in [-0.15, -0.1) is 0 Å². The molecule has 1 N–H and O–H groups in total. The highest BCUT2D eigenvalue weighted by atomic mass is 32.1. The maximum Gasteiger partial charge on any atom is 0.253 e. The molecule has 0 spiro atoms. The van der Waals surface area contributed by atoms with Gasteiger partial charge in [0.2, 0.25) is 5.91 Å². The lowest BCUT2D eigenvalue weighted by molar-refractivity contribution is -0.121. The molecule has 1 aromatic heterocycles. The zero-order valence-electron chi connectivity index (χ0n) is 17.7. The summed E-state index contributed by atoms with van der Waals surface area (Å²) in [5.74, 6) is -0.341. The number of thiazole rings is 1. The van der Waals surface area contributed by atoms with Gasteiger partial charge in [-0.05, 0) is 43.7 Å². The van der Waals surface area contributed by atoms with E-state index in [2.05, 4.69) is 24.1 Å². The quantitative estimate of drug-likeness (QED) is 0.803. The molecule has 30 heavy (non-hydrogen) atoms. The van der Waals surface area contributed by atoms with Crippen molar-refractivity contribution in [2.24, 2.45) is 11.3 Å². The van der Waals surface area contributed by atoms with Gasteiger partial charge in [-0.2, -0.15) is 0 Å². The second kappa shape index (κ2) is 7.95. The Morgan fingerprint density at radius 3 is 2.67 bits per heavy atom. The molecular weight excluding hydrogens is 398 g/mol. The van der Waals surface area contributed by atoms with Crippen molar-refractivity contribution in [1.82, 2.24) is 9.88 Å². The zero-order chi connectivity index (χ0) is 21.5. The van der Waals surface area contributed by atoms with Crippen molar-refractivity contribution >= 4 is 34.1 Å². The van der Waals surface area contributed by atoms with Crippen LogP contribution in [0.2, 0.25) is 0 Å². The van der Waals surface area contributed by atoms with Crippen molar-refractivity contribution in [2.45, 2.75) is 46.5 Å². The lowest BCUT2D eigenvalue weighted by atomic mass is 9.78. The molecule has 1 fully saturated rings. The van der Waals surface area contributed by atoms with E-state index in [-0.39, 0.29) is 28.9 Å². The number of anilines is 1. The van der Waals surface area contributed by atoms with Crippen LogP contribution in [0.1, 0.15) is 64.4 Å². The first-order valence-corrected chi connectivity index (χ1v) is 11.2. The van der Waals surface area contributed by atoms with E-state index in [0.29, 0.717) is 35.1 Å². The summed E-state index contributed by atoms with van der Waals surface area (Å²) >= 11 is 1.27. The molecule has 1 aromatic carbocycles. The first-order chi connectivity index (χ1) is 14.2. The number of carbonyl (C=O) groups is 3. The molecule has 1 saturated heterocycles. The van der Waals surface area contributed by atoms with Crippen LogP contribution in [0.15, 0.2) is 24.3 Å². The Labute approximate surface area is 180 Å². The maximum atomic E-state index is 12.9. The molecule has 0 bridgehead atoms. The summed E-state index contributed by atoms with van der Waals surface area (Å²) in [5, 5.41) is 3.39. The van der Waals surface area contributed by atoms with Crippen LogP contribution in [0.25, 0.3) is 0 Å². The normalized spacial score (nSPS) is 20.6. The lowest BCUT2D eigenvalue weighted by Crippen LogP contribution is -2.43. The molecule has 158 valence electrons. The van der Waals surface area contributed by atoms with E-state index in [9.17, 15) is 14.4 Å². The van der Waals surface area contributed by atoms with Crippen LogP contribution in [0.3, 0.4) is 0 Å². The highest BCUT2D eigenvalue weighted by molar-refractivity contribution is 7.17. The minimum Gasteiger partial charge on any atom is -0.338 e. The van der Waals surface area contributed by atoms with Crippen LogP contribution in [0.4, 0.5) is 5.13 Å². The standard InChI is InChI=1S/C23H27N3O3S/c1-14-6-8-15(9-7-14)21(29)26-10-4-5-16(13-26)20(28)25-22-24-17-11-23(2,3)12-18(27)19(17)30-22/h6-9,16H,4-5,10-13H2,1-3H3,(H,24,25,28)/t16-/m0/s1. The van der Waals surface area contributed by atoms with Crippen LogP contribution in [-0.4, -0.2) is 40.6 Å². The van der Waals surface area contributed by atoms with Gasteiger partial charge in [0.05, 0.1) is 16.5 Å². The van der Waals surface area contributed by atoms with E-state index < -0.39 is 0 Å². The lowest BCUT2D eigenvalue weighted by Gasteiger charge is -2.32. The fraction of sp³-hybridized carbons (Fsp3) is 0.478. The molecule has 7 heteroatoms. The number of aryl methyl sites for hydroxylation is 1. The highest BCUT2D eigenvalue weighted by Gasteiger charge is 2.35. The monoisotopic (exact) mass is 425 g/mol. The number of ketones is 1. The van der Waals surface area contributed by atoms with Crippen molar-refractivity contribution in [2.75, 3.05) is 18.4 Å². The third-order valence-corrected chi connectivity index (χ3v) is 6.90. The molecule has 1 atom stereocenters. The number of Topliss-reactive ketones (excluding diaryl/α,β-unsaturated/α-hetero) is 1. The number of nitrogens with one attached hydrogen (secondary N) is 1. The first kappa shape index (κ1) is 20.7. The smallest absolute Gasteiger partial charge is 0.253 e. The third kappa shape index (κ3) is 4.31. The Balaban J connectivity index is 1.42. The Kier molecular flexibility index (Phi) is 5.49. The van der Waals surface area contributed by atoms with Gasteiger partial charge in [-0.1, -0.05) is 42.9 Å². The molecule has 0 saturated carbocycles. The molecule has 0 radical (unpaired) electrons. The van der Waals surface area contributed by atoms with E-state index in [1.165, 1.54) is 11.3 Å². The largest absolute Gasteiger partial charge is 0.338 e. The summed E-state index contributed by atoms with van der Waals surface area (Å²) in [6, 6.07) is 7.52. The predicted molar refractivity (Wildman–Crippen MR) is 117 cm³/mol. The Hall–Kier alpha value is -2.54.